The lowest BCUT2D eigenvalue weighted by atomic mass is 10.1. The Labute approximate surface area is 65.4 Å². The van der Waals surface area contributed by atoms with Crippen molar-refractivity contribution in [3.05, 3.63) is 11.6 Å². The van der Waals surface area contributed by atoms with Gasteiger partial charge in [0, 0.05) is 6.08 Å². The molecule has 0 bridgehead atoms. The van der Waals surface area contributed by atoms with Crippen molar-refractivity contribution in [2.24, 2.45) is 5.84 Å². The van der Waals surface area contributed by atoms with Crippen LogP contribution in [0.25, 0.3) is 0 Å². The molecule has 1 aliphatic rings. The monoisotopic (exact) mass is 156 g/mol. The zero-order valence-corrected chi connectivity index (χ0v) is 6.30. The van der Waals surface area contributed by atoms with Crippen LogP contribution in [0.15, 0.2) is 11.6 Å². The number of carbonyl (C=O) groups excluding carboxylic acids is 1. The largest absolute Gasteiger partial charge is 0.381 e. The Hall–Kier alpha value is -0.870. The van der Waals surface area contributed by atoms with E-state index in [1.165, 1.54) is 0 Å². The van der Waals surface area contributed by atoms with E-state index in [2.05, 4.69) is 5.43 Å². The maximum Gasteiger partial charge on any atom is 0.257 e. The zero-order valence-electron chi connectivity index (χ0n) is 6.30. The van der Waals surface area contributed by atoms with Crippen molar-refractivity contribution >= 4 is 5.91 Å². The van der Waals surface area contributed by atoms with Crippen molar-refractivity contribution in [3.63, 3.8) is 0 Å². The number of carbonyl (C=O) groups is 1. The number of hydrogen-bond donors (Lipinski definition) is 2. The number of nitrogens with two attached hydrogens (primary N) is 1. The lowest BCUT2D eigenvalue weighted by Gasteiger charge is -2.13. The Balaban J connectivity index is 2.43. The summed E-state index contributed by atoms with van der Waals surface area (Å²) in [6.45, 7) is 1.42. The summed E-state index contributed by atoms with van der Waals surface area (Å²) < 4.78 is 5.11. The highest BCUT2D eigenvalue weighted by molar-refractivity contribution is 5.87. The molecule has 4 nitrogen and oxygen atoms in total. The number of amides is 1. The average Bonchev–Trinajstić information content (AvgIpc) is 2.06. The second-order valence-corrected chi connectivity index (χ2v) is 2.42. The molecule has 11 heavy (non-hydrogen) atoms. The van der Waals surface area contributed by atoms with E-state index in [0.717, 1.165) is 18.4 Å². The first-order valence-electron chi connectivity index (χ1n) is 3.60. The van der Waals surface area contributed by atoms with E-state index in [1.807, 2.05) is 0 Å². The summed E-state index contributed by atoms with van der Waals surface area (Å²) in [6, 6.07) is 0. The van der Waals surface area contributed by atoms with Crippen molar-refractivity contribution in [2.45, 2.75) is 12.8 Å². The van der Waals surface area contributed by atoms with E-state index in [9.17, 15) is 4.79 Å². The van der Waals surface area contributed by atoms with Crippen LogP contribution in [0.1, 0.15) is 12.8 Å². The molecule has 0 spiro atoms. The minimum Gasteiger partial charge on any atom is -0.381 e. The van der Waals surface area contributed by atoms with Gasteiger partial charge in [-0.3, -0.25) is 10.2 Å². The molecule has 3 N–H and O–H groups in total. The fraction of sp³-hybridized carbons (Fsp3) is 0.571. The summed E-state index contributed by atoms with van der Waals surface area (Å²) in [5, 5.41) is 0. The maximum absolute atomic E-state index is 10.7. The smallest absolute Gasteiger partial charge is 0.257 e. The first-order chi connectivity index (χ1) is 5.33. The van der Waals surface area contributed by atoms with Crippen LogP contribution < -0.4 is 11.3 Å². The number of hydrogen-bond acceptors (Lipinski definition) is 3. The maximum atomic E-state index is 10.7. The second-order valence-electron chi connectivity index (χ2n) is 2.42. The molecule has 0 saturated carbocycles. The van der Waals surface area contributed by atoms with Crippen molar-refractivity contribution in [3.8, 4) is 0 Å². The van der Waals surface area contributed by atoms with E-state index in [0.29, 0.717) is 13.2 Å². The van der Waals surface area contributed by atoms with Crippen LogP contribution in [-0.4, -0.2) is 19.1 Å². The lowest BCUT2D eigenvalue weighted by molar-refractivity contribution is -0.116. The summed E-state index contributed by atoms with van der Waals surface area (Å²) in [7, 11) is 0. The number of nitrogens with one attached hydrogen (secondary N) is 1. The SMILES string of the molecule is NNC(=O)C=C1CCOCC1. The lowest BCUT2D eigenvalue weighted by Crippen LogP contribution is -2.28. The molecule has 0 aromatic carbocycles. The molecule has 4 heteroatoms. The Kier molecular flexibility index (Phi) is 3.07. The number of rotatable bonds is 1. The van der Waals surface area contributed by atoms with E-state index >= 15 is 0 Å². The van der Waals surface area contributed by atoms with Gasteiger partial charge in [0.1, 0.15) is 0 Å². The molecule has 0 aromatic heterocycles. The predicted octanol–water partition coefficient (Wildman–Crippen LogP) is -0.287. The highest BCUT2D eigenvalue weighted by Gasteiger charge is 2.06. The van der Waals surface area contributed by atoms with Crippen molar-refractivity contribution in [2.75, 3.05) is 13.2 Å². The highest BCUT2D eigenvalue weighted by Crippen LogP contribution is 2.12. The van der Waals surface area contributed by atoms with Gasteiger partial charge in [-0.2, -0.15) is 0 Å². The van der Waals surface area contributed by atoms with Crippen molar-refractivity contribution < 1.29 is 9.53 Å². The highest BCUT2D eigenvalue weighted by atomic mass is 16.5. The van der Waals surface area contributed by atoms with Crippen LogP contribution >= 0.6 is 0 Å². The average molecular weight is 156 g/mol. The third-order valence-corrected chi connectivity index (χ3v) is 1.61. The van der Waals surface area contributed by atoms with Crippen LogP contribution in [0, 0.1) is 0 Å². The first kappa shape index (κ1) is 8.23. The molecule has 0 unspecified atom stereocenters. The minimum absolute atomic E-state index is 0.234. The summed E-state index contributed by atoms with van der Waals surface area (Å²) in [5.41, 5.74) is 3.17. The van der Waals surface area contributed by atoms with E-state index in [1.54, 1.807) is 6.08 Å². The van der Waals surface area contributed by atoms with Crippen LogP contribution in [0.5, 0.6) is 0 Å². The predicted molar refractivity (Wildman–Crippen MR) is 40.5 cm³/mol. The normalized spacial score (nSPS) is 17.7. The van der Waals surface area contributed by atoms with Gasteiger partial charge in [-0.25, -0.2) is 5.84 Å². The van der Waals surface area contributed by atoms with Gasteiger partial charge in [0.05, 0.1) is 13.2 Å². The van der Waals surface area contributed by atoms with Gasteiger partial charge in [-0.15, -0.1) is 0 Å². The summed E-state index contributed by atoms with van der Waals surface area (Å²) in [4.78, 5) is 10.7. The third-order valence-electron chi connectivity index (χ3n) is 1.61. The fourth-order valence-corrected chi connectivity index (χ4v) is 1.00. The quantitative estimate of drug-likeness (QED) is 0.237. The molecule has 0 radical (unpaired) electrons. The molecule has 0 aromatic rings. The van der Waals surface area contributed by atoms with Crippen LogP contribution in [0.2, 0.25) is 0 Å². The molecular weight excluding hydrogens is 144 g/mol. The minimum atomic E-state index is -0.234. The fourth-order valence-electron chi connectivity index (χ4n) is 1.00. The van der Waals surface area contributed by atoms with Crippen LogP contribution in [0.3, 0.4) is 0 Å². The third kappa shape index (κ3) is 2.69. The summed E-state index contributed by atoms with van der Waals surface area (Å²) >= 11 is 0. The molecule has 1 amide bonds. The van der Waals surface area contributed by atoms with Gasteiger partial charge in [-0.1, -0.05) is 5.57 Å². The van der Waals surface area contributed by atoms with E-state index in [4.69, 9.17) is 10.6 Å². The van der Waals surface area contributed by atoms with Gasteiger partial charge in [-0.05, 0) is 12.8 Å². The Morgan fingerprint density at radius 1 is 1.55 bits per heavy atom. The van der Waals surface area contributed by atoms with Gasteiger partial charge < -0.3 is 4.74 Å². The van der Waals surface area contributed by atoms with Gasteiger partial charge in [0.15, 0.2) is 0 Å². The van der Waals surface area contributed by atoms with Crippen LogP contribution in [0.4, 0.5) is 0 Å². The number of hydrazine groups is 1. The van der Waals surface area contributed by atoms with Crippen molar-refractivity contribution in [1.29, 1.82) is 0 Å². The molecule has 1 saturated heterocycles. The van der Waals surface area contributed by atoms with Crippen molar-refractivity contribution in [1.82, 2.24) is 5.43 Å². The van der Waals surface area contributed by atoms with Gasteiger partial charge in [0.25, 0.3) is 5.91 Å². The summed E-state index contributed by atoms with van der Waals surface area (Å²) in [5.74, 6) is 4.68. The van der Waals surface area contributed by atoms with E-state index in [-0.39, 0.29) is 5.91 Å². The molecular formula is C7H12N2O2. The zero-order chi connectivity index (χ0) is 8.10. The second kappa shape index (κ2) is 4.10. The first-order valence-corrected chi connectivity index (χ1v) is 3.60. The Bertz CT molecular complexity index is 169. The standard InChI is InChI=1S/C7H12N2O2/c8-9-7(10)5-6-1-3-11-4-2-6/h5H,1-4,8H2,(H,9,10). The summed E-state index contributed by atoms with van der Waals surface area (Å²) in [6.07, 6.45) is 3.23. The molecule has 1 heterocycles. The molecule has 1 aliphatic heterocycles. The molecule has 0 aliphatic carbocycles. The topological polar surface area (TPSA) is 64.3 Å². The molecule has 1 fully saturated rings. The Morgan fingerprint density at radius 2 is 2.18 bits per heavy atom. The molecule has 1 rings (SSSR count). The van der Waals surface area contributed by atoms with Gasteiger partial charge in [0.2, 0.25) is 0 Å². The van der Waals surface area contributed by atoms with Gasteiger partial charge >= 0.3 is 0 Å². The van der Waals surface area contributed by atoms with E-state index < -0.39 is 0 Å². The Morgan fingerprint density at radius 3 is 2.73 bits per heavy atom. The number of ether oxygens (including phenoxy) is 1. The molecule has 0 atom stereocenters. The molecule has 62 valence electrons. The van der Waals surface area contributed by atoms with Crippen LogP contribution in [-0.2, 0) is 9.53 Å².